The van der Waals surface area contributed by atoms with Crippen LogP contribution in [0.25, 0.3) is 0 Å². The van der Waals surface area contributed by atoms with Crippen LogP contribution in [-0.2, 0) is 0 Å². The van der Waals surface area contributed by atoms with Crippen LogP contribution in [0.15, 0.2) is 27.6 Å². The first kappa shape index (κ1) is 12.8. The van der Waals surface area contributed by atoms with E-state index in [2.05, 4.69) is 31.2 Å². The van der Waals surface area contributed by atoms with Crippen molar-refractivity contribution in [2.75, 3.05) is 11.9 Å². The molecule has 0 aromatic carbocycles. The van der Waals surface area contributed by atoms with Crippen molar-refractivity contribution in [1.29, 1.82) is 0 Å². The Morgan fingerprint density at radius 1 is 1.53 bits per heavy atom. The minimum absolute atomic E-state index is 0.340. The van der Waals surface area contributed by atoms with E-state index in [-0.39, 0.29) is 0 Å². The van der Waals surface area contributed by atoms with Crippen molar-refractivity contribution in [2.24, 2.45) is 0 Å². The van der Waals surface area contributed by atoms with Crippen molar-refractivity contribution >= 4 is 44.7 Å². The number of nitrogens with zero attached hydrogens (tertiary/aromatic N) is 2. The van der Waals surface area contributed by atoms with Crippen molar-refractivity contribution in [3.63, 3.8) is 0 Å². The number of hydrogen-bond acceptors (Lipinski definition) is 5. The molecule has 0 saturated heterocycles. The summed E-state index contributed by atoms with van der Waals surface area (Å²) in [6.45, 7) is 0.364. The molecule has 2 rings (SSSR count). The fraction of sp³-hybridized carbons (Fsp3) is 0.200. The Morgan fingerprint density at radius 2 is 2.35 bits per heavy atom. The van der Waals surface area contributed by atoms with Crippen molar-refractivity contribution in [1.82, 2.24) is 9.97 Å². The van der Waals surface area contributed by atoms with Gasteiger partial charge in [0, 0.05) is 6.54 Å². The van der Waals surface area contributed by atoms with Crippen LogP contribution in [0.4, 0.5) is 5.82 Å². The summed E-state index contributed by atoms with van der Waals surface area (Å²) in [5.74, 6) is 0.569. The van der Waals surface area contributed by atoms with Gasteiger partial charge in [-0.2, -0.15) is 11.3 Å². The summed E-state index contributed by atoms with van der Waals surface area (Å²) in [4.78, 5) is 7.85. The normalized spacial score (nSPS) is 12.4. The molecule has 2 aromatic heterocycles. The molecule has 0 bridgehead atoms. The first-order chi connectivity index (χ1) is 8.18. The van der Waals surface area contributed by atoms with E-state index in [1.807, 2.05) is 16.8 Å². The van der Waals surface area contributed by atoms with Crippen molar-refractivity contribution in [3.8, 4) is 0 Å². The molecule has 0 aliphatic heterocycles. The largest absolute Gasteiger partial charge is 0.387 e. The van der Waals surface area contributed by atoms with Crippen LogP contribution >= 0.6 is 38.9 Å². The molecule has 17 heavy (non-hydrogen) atoms. The van der Waals surface area contributed by atoms with Gasteiger partial charge in [0.15, 0.2) is 0 Å². The zero-order valence-electron chi connectivity index (χ0n) is 8.60. The van der Waals surface area contributed by atoms with Gasteiger partial charge in [-0.15, -0.1) is 0 Å². The fourth-order valence-electron chi connectivity index (χ4n) is 1.25. The summed E-state index contributed by atoms with van der Waals surface area (Å²) in [7, 11) is 0. The summed E-state index contributed by atoms with van der Waals surface area (Å²) >= 11 is 10.7. The fourth-order valence-corrected chi connectivity index (χ4v) is 2.43. The van der Waals surface area contributed by atoms with Crippen molar-refractivity contribution < 1.29 is 5.11 Å². The van der Waals surface area contributed by atoms with E-state index >= 15 is 0 Å². The molecule has 0 amide bonds. The first-order valence-electron chi connectivity index (χ1n) is 4.78. The maximum atomic E-state index is 9.88. The lowest BCUT2D eigenvalue weighted by atomic mass is 10.2. The topological polar surface area (TPSA) is 58.0 Å². The number of thiophene rings is 1. The number of rotatable bonds is 4. The molecule has 4 nitrogen and oxygen atoms in total. The highest BCUT2D eigenvalue weighted by Crippen LogP contribution is 2.26. The summed E-state index contributed by atoms with van der Waals surface area (Å²) in [6, 6.07) is 1.89. The standard InChI is InChI=1S/C10H9BrClN3OS/c11-8-9(12)14-5-15-10(8)13-3-7(16)6-1-2-17-4-6/h1-2,4-5,7,16H,3H2,(H,13,14,15). The van der Waals surface area contributed by atoms with Gasteiger partial charge in [-0.3, -0.25) is 0 Å². The highest BCUT2D eigenvalue weighted by atomic mass is 79.9. The van der Waals surface area contributed by atoms with E-state index in [4.69, 9.17) is 11.6 Å². The van der Waals surface area contributed by atoms with Crippen LogP contribution in [0.2, 0.25) is 5.15 Å². The second-order valence-electron chi connectivity index (χ2n) is 3.28. The lowest BCUT2D eigenvalue weighted by molar-refractivity contribution is 0.192. The van der Waals surface area contributed by atoms with E-state index in [1.54, 1.807) is 11.3 Å². The Labute approximate surface area is 116 Å². The van der Waals surface area contributed by atoms with Crippen molar-refractivity contribution in [3.05, 3.63) is 38.3 Å². The van der Waals surface area contributed by atoms with Gasteiger partial charge in [0.05, 0.1) is 10.6 Å². The lowest BCUT2D eigenvalue weighted by Crippen LogP contribution is -2.12. The SMILES string of the molecule is OC(CNc1ncnc(Cl)c1Br)c1ccsc1. The van der Waals surface area contributed by atoms with Gasteiger partial charge >= 0.3 is 0 Å². The molecule has 2 heterocycles. The van der Waals surface area contributed by atoms with Gasteiger partial charge in [-0.25, -0.2) is 9.97 Å². The van der Waals surface area contributed by atoms with Crippen LogP contribution in [0.3, 0.4) is 0 Å². The van der Waals surface area contributed by atoms with E-state index in [1.165, 1.54) is 6.33 Å². The zero-order chi connectivity index (χ0) is 12.3. The van der Waals surface area contributed by atoms with Crippen LogP contribution in [0.1, 0.15) is 11.7 Å². The van der Waals surface area contributed by atoms with Gasteiger partial charge in [0.2, 0.25) is 0 Å². The number of anilines is 1. The molecule has 0 fully saturated rings. The summed E-state index contributed by atoms with van der Waals surface area (Å²) in [5.41, 5.74) is 0.888. The number of halogens is 2. The summed E-state index contributed by atoms with van der Waals surface area (Å²) in [6.07, 6.45) is 0.800. The molecule has 2 aromatic rings. The maximum absolute atomic E-state index is 9.88. The summed E-state index contributed by atoms with van der Waals surface area (Å²) in [5, 5.41) is 17.1. The first-order valence-corrected chi connectivity index (χ1v) is 6.90. The highest BCUT2D eigenvalue weighted by molar-refractivity contribution is 9.10. The monoisotopic (exact) mass is 333 g/mol. The van der Waals surface area contributed by atoms with Crippen LogP contribution in [0.5, 0.6) is 0 Å². The van der Waals surface area contributed by atoms with Gasteiger partial charge in [-0.1, -0.05) is 11.6 Å². The Morgan fingerprint density at radius 3 is 3.06 bits per heavy atom. The second-order valence-corrected chi connectivity index (χ2v) is 5.21. The smallest absolute Gasteiger partial charge is 0.148 e. The third kappa shape index (κ3) is 3.16. The Hall–Kier alpha value is -0.690. The number of aliphatic hydroxyl groups is 1. The molecule has 1 atom stereocenters. The third-order valence-corrected chi connectivity index (χ3v) is 4.11. The number of aliphatic hydroxyl groups excluding tert-OH is 1. The quantitative estimate of drug-likeness (QED) is 0.844. The Kier molecular flexibility index (Phi) is 4.33. The van der Waals surface area contributed by atoms with E-state index in [9.17, 15) is 5.11 Å². The molecular formula is C10H9BrClN3OS. The predicted octanol–water partition coefficient (Wildman–Crippen LogP) is 3.10. The van der Waals surface area contributed by atoms with Crippen molar-refractivity contribution in [2.45, 2.75) is 6.10 Å². The van der Waals surface area contributed by atoms with Crippen LogP contribution in [0, 0.1) is 0 Å². The lowest BCUT2D eigenvalue weighted by Gasteiger charge is -2.12. The number of aromatic nitrogens is 2. The van der Waals surface area contributed by atoms with Gasteiger partial charge in [0.25, 0.3) is 0 Å². The molecular weight excluding hydrogens is 326 g/mol. The average Bonchev–Trinajstić information content (AvgIpc) is 2.84. The minimum atomic E-state index is -0.568. The second kappa shape index (κ2) is 5.77. The maximum Gasteiger partial charge on any atom is 0.148 e. The van der Waals surface area contributed by atoms with E-state index in [0.29, 0.717) is 22.0 Å². The van der Waals surface area contributed by atoms with Crippen LogP contribution in [-0.4, -0.2) is 21.6 Å². The molecule has 90 valence electrons. The minimum Gasteiger partial charge on any atom is -0.387 e. The van der Waals surface area contributed by atoms with E-state index < -0.39 is 6.10 Å². The Balaban J connectivity index is 2.00. The predicted molar refractivity (Wildman–Crippen MR) is 72.5 cm³/mol. The van der Waals surface area contributed by atoms with E-state index in [0.717, 1.165) is 5.56 Å². The molecule has 0 aliphatic rings. The Bertz CT molecular complexity index is 494. The van der Waals surface area contributed by atoms with Gasteiger partial charge in [0.1, 0.15) is 17.3 Å². The molecule has 0 radical (unpaired) electrons. The number of nitrogens with one attached hydrogen (secondary N) is 1. The van der Waals surface area contributed by atoms with Crippen LogP contribution < -0.4 is 5.32 Å². The molecule has 0 aliphatic carbocycles. The molecule has 1 unspecified atom stereocenters. The average molecular weight is 335 g/mol. The number of hydrogen-bond donors (Lipinski definition) is 2. The zero-order valence-corrected chi connectivity index (χ0v) is 11.8. The highest BCUT2D eigenvalue weighted by Gasteiger charge is 2.10. The third-order valence-electron chi connectivity index (χ3n) is 2.14. The molecule has 0 saturated carbocycles. The molecule has 0 spiro atoms. The van der Waals surface area contributed by atoms with Gasteiger partial charge < -0.3 is 10.4 Å². The summed E-state index contributed by atoms with van der Waals surface area (Å²) < 4.78 is 0.596. The van der Waals surface area contributed by atoms with Gasteiger partial charge in [-0.05, 0) is 38.3 Å². The molecule has 7 heteroatoms. The molecule has 2 N–H and O–H groups in total.